The van der Waals surface area contributed by atoms with Gasteiger partial charge in [0.2, 0.25) is 0 Å². The highest BCUT2D eigenvalue weighted by Crippen LogP contribution is 2.30. The van der Waals surface area contributed by atoms with Crippen molar-refractivity contribution in [3.05, 3.63) is 59.9 Å². The maximum atomic E-state index is 12.7. The van der Waals surface area contributed by atoms with E-state index in [9.17, 15) is 4.79 Å². The Morgan fingerprint density at radius 1 is 1.08 bits per heavy atom. The number of ether oxygens (including phenoxy) is 2. The molecule has 0 fully saturated rings. The molecule has 0 saturated carbocycles. The molecule has 1 heterocycles. The third-order valence-electron chi connectivity index (χ3n) is 3.94. The first-order valence-corrected chi connectivity index (χ1v) is 7.50. The van der Waals surface area contributed by atoms with Crippen LogP contribution in [0.3, 0.4) is 0 Å². The number of amides is 1. The molecule has 1 N–H and O–H groups in total. The van der Waals surface area contributed by atoms with E-state index in [1.165, 1.54) is 0 Å². The molecular formula is C19H18N2O3. The second kappa shape index (κ2) is 6.58. The van der Waals surface area contributed by atoms with Gasteiger partial charge in [0.05, 0.1) is 14.2 Å². The summed E-state index contributed by atoms with van der Waals surface area (Å²) in [4.78, 5) is 16.8. The summed E-state index contributed by atoms with van der Waals surface area (Å²) >= 11 is 0. The Hall–Kier alpha value is -3.08. The summed E-state index contributed by atoms with van der Waals surface area (Å²) in [6, 6.07) is 11.0. The van der Waals surface area contributed by atoms with E-state index in [1.807, 2.05) is 31.2 Å². The number of hydrogen-bond donors (Lipinski definition) is 1. The van der Waals surface area contributed by atoms with Crippen LogP contribution in [0, 0.1) is 6.92 Å². The number of anilines is 1. The third kappa shape index (κ3) is 2.88. The van der Waals surface area contributed by atoms with Crippen LogP contribution in [0.4, 0.5) is 5.69 Å². The van der Waals surface area contributed by atoms with Crippen molar-refractivity contribution < 1.29 is 14.3 Å². The minimum Gasteiger partial charge on any atom is -0.496 e. The number of pyridine rings is 1. The van der Waals surface area contributed by atoms with Crippen LogP contribution in [0.5, 0.6) is 11.5 Å². The van der Waals surface area contributed by atoms with Gasteiger partial charge in [-0.1, -0.05) is 12.1 Å². The smallest absolute Gasteiger partial charge is 0.255 e. The molecule has 24 heavy (non-hydrogen) atoms. The van der Waals surface area contributed by atoms with Crippen molar-refractivity contribution in [1.29, 1.82) is 0 Å². The Kier molecular flexibility index (Phi) is 4.33. The van der Waals surface area contributed by atoms with Gasteiger partial charge >= 0.3 is 0 Å². The van der Waals surface area contributed by atoms with Gasteiger partial charge in [0.1, 0.15) is 11.5 Å². The average molecular weight is 322 g/mol. The van der Waals surface area contributed by atoms with Crippen molar-refractivity contribution in [1.82, 2.24) is 4.98 Å². The normalized spacial score (nSPS) is 10.5. The molecule has 0 unspecified atom stereocenters. The van der Waals surface area contributed by atoms with Gasteiger partial charge in [-0.25, -0.2) is 0 Å². The van der Waals surface area contributed by atoms with Crippen molar-refractivity contribution in [2.75, 3.05) is 19.5 Å². The standard InChI is InChI=1S/C19H18N2O3/c1-12-17(23-2)9-14(10-18(12)24-3)19(22)21-16-6-4-5-13-11-20-8-7-15(13)16/h4-11H,1-3H3,(H,21,22). The third-order valence-corrected chi connectivity index (χ3v) is 3.94. The molecule has 5 nitrogen and oxygen atoms in total. The number of fused-ring (bicyclic) bond motifs is 1. The van der Waals surface area contributed by atoms with Gasteiger partial charge in [-0.2, -0.15) is 0 Å². The second-order valence-electron chi connectivity index (χ2n) is 5.36. The number of nitrogens with zero attached hydrogens (tertiary/aromatic N) is 1. The van der Waals surface area contributed by atoms with E-state index in [2.05, 4.69) is 10.3 Å². The summed E-state index contributed by atoms with van der Waals surface area (Å²) in [6.07, 6.45) is 3.47. The number of carbonyl (C=O) groups is 1. The lowest BCUT2D eigenvalue weighted by Crippen LogP contribution is -2.13. The van der Waals surface area contributed by atoms with Crippen molar-refractivity contribution in [2.24, 2.45) is 0 Å². The number of nitrogens with one attached hydrogen (secondary N) is 1. The number of hydrogen-bond acceptors (Lipinski definition) is 4. The van der Waals surface area contributed by atoms with Gasteiger partial charge in [-0.05, 0) is 31.2 Å². The minimum atomic E-state index is -0.226. The Morgan fingerprint density at radius 2 is 1.79 bits per heavy atom. The number of methoxy groups -OCH3 is 2. The van der Waals surface area contributed by atoms with E-state index >= 15 is 0 Å². The largest absolute Gasteiger partial charge is 0.496 e. The maximum Gasteiger partial charge on any atom is 0.255 e. The van der Waals surface area contributed by atoms with E-state index in [0.717, 1.165) is 22.0 Å². The monoisotopic (exact) mass is 322 g/mol. The van der Waals surface area contributed by atoms with Crippen molar-refractivity contribution in [3.8, 4) is 11.5 Å². The lowest BCUT2D eigenvalue weighted by molar-refractivity contribution is 0.102. The average Bonchev–Trinajstić information content (AvgIpc) is 2.62. The molecule has 0 bridgehead atoms. The first-order valence-electron chi connectivity index (χ1n) is 7.50. The van der Waals surface area contributed by atoms with Crippen LogP contribution < -0.4 is 14.8 Å². The van der Waals surface area contributed by atoms with Gasteiger partial charge in [-0.15, -0.1) is 0 Å². The molecule has 0 aliphatic rings. The number of benzene rings is 2. The van der Waals surface area contributed by atoms with Gasteiger partial charge in [-0.3, -0.25) is 9.78 Å². The first kappa shape index (κ1) is 15.8. The fourth-order valence-electron chi connectivity index (χ4n) is 2.64. The summed E-state index contributed by atoms with van der Waals surface area (Å²) in [6.45, 7) is 1.89. The molecule has 122 valence electrons. The number of rotatable bonds is 4. The van der Waals surface area contributed by atoms with Gasteiger partial charge in [0.15, 0.2) is 0 Å². The highest BCUT2D eigenvalue weighted by atomic mass is 16.5. The molecule has 3 aromatic rings. The second-order valence-corrected chi connectivity index (χ2v) is 5.36. The summed E-state index contributed by atoms with van der Waals surface area (Å²) in [7, 11) is 3.14. The van der Waals surface area contributed by atoms with Crippen LogP contribution in [-0.4, -0.2) is 25.1 Å². The van der Waals surface area contributed by atoms with Crippen molar-refractivity contribution in [2.45, 2.75) is 6.92 Å². The summed E-state index contributed by atoms with van der Waals surface area (Å²) in [5, 5.41) is 4.85. The maximum absolute atomic E-state index is 12.7. The molecule has 3 rings (SSSR count). The van der Waals surface area contributed by atoms with E-state index in [-0.39, 0.29) is 5.91 Å². The van der Waals surface area contributed by atoms with Crippen LogP contribution in [0.1, 0.15) is 15.9 Å². The Labute approximate surface area is 140 Å². The number of aromatic nitrogens is 1. The van der Waals surface area contributed by atoms with Crippen molar-refractivity contribution in [3.63, 3.8) is 0 Å². The fourth-order valence-corrected chi connectivity index (χ4v) is 2.64. The molecule has 0 radical (unpaired) electrons. The van der Waals surface area contributed by atoms with Crippen LogP contribution in [0.2, 0.25) is 0 Å². The van der Waals surface area contributed by atoms with Crippen LogP contribution >= 0.6 is 0 Å². The molecule has 2 aromatic carbocycles. The lowest BCUT2D eigenvalue weighted by Gasteiger charge is -2.13. The zero-order valence-corrected chi connectivity index (χ0v) is 13.8. The summed E-state index contributed by atoms with van der Waals surface area (Å²) in [5.41, 5.74) is 2.06. The zero-order valence-electron chi connectivity index (χ0n) is 13.8. The van der Waals surface area contributed by atoms with Crippen LogP contribution in [-0.2, 0) is 0 Å². The van der Waals surface area contributed by atoms with E-state index in [0.29, 0.717) is 17.1 Å². The number of carbonyl (C=O) groups excluding carboxylic acids is 1. The molecule has 0 atom stereocenters. The van der Waals surface area contributed by atoms with E-state index < -0.39 is 0 Å². The Balaban J connectivity index is 1.98. The minimum absolute atomic E-state index is 0.226. The molecule has 0 saturated heterocycles. The van der Waals surface area contributed by atoms with E-state index in [1.54, 1.807) is 38.7 Å². The van der Waals surface area contributed by atoms with Crippen LogP contribution in [0.25, 0.3) is 10.8 Å². The molecule has 5 heteroatoms. The Bertz CT molecular complexity index is 876. The van der Waals surface area contributed by atoms with Crippen LogP contribution in [0.15, 0.2) is 48.8 Å². The predicted molar refractivity (Wildman–Crippen MR) is 94.0 cm³/mol. The quantitative estimate of drug-likeness (QED) is 0.793. The fraction of sp³-hybridized carbons (Fsp3) is 0.158. The highest BCUT2D eigenvalue weighted by Gasteiger charge is 2.14. The lowest BCUT2D eigenvalue weighted by atomic mass is 10.1. The molecule has 1 amide bonds. The molecule has 1 aromatic heterocycles. The van der Waals surface area contributed by atoms with Gasteiger partial charge in [0.25, 0.3) is 5.91 Å². The van der Waals surface area contributed by atoms with Gasteiger partial charge in [0, 0.05) is 40.0 Å². The molecule has 0 aliphatic carbocycles. The first-order chi connectivity index (χ1) is 11.6. The molecule has 0 aliphatic heterocycles. The van der Waals surface area contributed by atoms with E-state index in [4.69, 9.17) is 9.47 Å². The summed E-state index contributed by atoms with van der Waals surface area (Å²) in [5.74, 6) is 0.999. The van der Waals surface area contributed by atoms with Crippen molar-refractivity contribution >= 4 is 22.4 Å². The zero-order chi connectivity index (χ0) is 17.1. The Morgan fingerprint density at radius 3 is 2.46 bits per heavy atom. The highest BCUT2D eigenvalue weighted by molar-refractivity contribution is 6.09. The SMILES string of the molecule is COc1cc(C(=O)Nc2cccc3cnccc23)cc(OC)c1C. The topological polar surface area (TPSA) is 60.5 Å². The summed E-state index contributed by atoms with van der Waals surface area (Å²) < 4.78 is 10.7. The van der Waals surface area contributed by atoms with Gasteiger partial charge < -0.3 is 14.8 Å². The molecular weight excluding hydrogens is 304 g/mol. The predicted octanol–water partition coefficient (Wildman–Crippen LogP) is 3.81. The molecule has 0 spiro atoms.